The van der Waals surface area contributed by atoms with Crippen molar-refractivity contribution in [1.29, 1.82) is 0 Å². The molecule has 0 atom stereocenters. The van der Waals surface area contributed by atoms with E-state index in [0.717, 1.165) is 24.5 Å². The minimum Gasteiger partial charge on any atom is -0.316 e. The lowest BCUT2D eigenvalue weighted by Crippen LogP contribution is -2.22. The van der Waals surface area contributed by atoms with E-state index in [2.05, 4.69) is 29.4 Å². The smallest absolute Gasteiger partial charge is 0.149 e. The first kappa shape index (κ1) is 15.4. The molecule has 0 aliphatic rings. The summed E-state index contributed by atoms with van der Waals surface area (Å²) in [6.07, 6.45) is 0.817. The van der Waals surface area contributed by atoms with Gasteiger partial charge in [0, 0.05) is 18.5 Å². The van der Waals surface area contributed by atoms with Gasteiger partial charge in [0.25, 0.3) is 0 Å². The maximum atomic E-state index is 13.4. The van der Waals surface area contributed by atoms with Crippen LogP contribution in [0.1, 0.15) is 18.9 Å². The van der Waals surface area contributed by atoms with E-state index in [0.29, 0.717) is 16.5 Å². The number of benzene rings is 1. The van der Waals surface area contributed by atoms with Crippen molar-refractivity contribution in [3.05, 3.63) is 34.0 Å². The van der Waals surface area contributed by atoms with E-state index >= 15 is 0 Å². The standard InChI is InChI=1S/C14H17ClFN3S/c1-9(2)8-17-7-6-12-18-19-14(20-12)10-4-3-5-11(16)13(10)15/h3-5,9,17H,6-8H2,1-2H3. The van der Waals surface area contributed by atoms with Crippen LogP contribution in [-0.2, 0) is 6.42 Å². The molecule has 0 bridgehead atoms. The molecule has 0 spiro atoms. The van der Waals surface area contributed by atoms with Crippen molar-refractivity contribution in [2.75, 3.05) is 13.1 Å². The first-order valence-corrected chi connectivity index (χ1v) is 7.75. The number of hydrogen-bond donors (Lipinski definition) is 1. The van der Waals surface area contributed by atoms with Gasteiger partial charge in [0.15, 0.2) is 0 Å². The summed E-state index contributed by atoms with van der Waals surface area (Å²) in [5.74, 6) is 0.200. The highest BCUT2D eigenvalue weighted by molar-refractivity contribution is 7.14. The first-order chi connectivity index (χ1) is 9.58. The summed E-state index contributed by atoms with van der Waals surface area (Å²) in [5.41, 5.74) is 0.602. The molecule has 0 amide bonds. The minimum absolute atomic E-state index is 0.105. The van der Waals surface area contributed by atoms with E-state index in [1.165, 1.54) is 17.4 Å². The second-order valence-corrected chi connectivity index (χ2v) is 6.39. The Morgan fingerprint density at radius 1 is 1.35 bits per heavy atom. The topological polar surface area (TPSA) is 37.8 Å². The van der Waals surface area contributed by atoms with Gasteiger partial charge in [0.2, 0.25) is 0 Å². The second-order valence-electron chi connectivity index (χ2n) is 4.95. The maximum absolute atomic E-state index is 13.4. The van der Waals surface area contributed by atoms with Crippen molar-refractivity contribution in [2.24, 2.45) is 5.92 Å². The quantitative estimate of drug-likeness (QED) is 0.825. The third-order valence-corrected chi connectivity index (χ3v) is 4.12. The van der Waals surface area contributed by atoms with Gasteiger partial charge in [-0.1, -0.05) is 48.9 Å². The molecule has 108 valence electrons. The molecular weight excluding hydrogens is 297 g/mol. The first-order valence-electron chi connectivity index (χ1n) is 6.55. The molecule has 2 aromatic rings. The van der Waals surface area contributed by atoms with Crippen LogP contribution < -0.4 is 5.32 Å². The van der Waals surface area contributed by atoms with E-state index in [1.54, 1.807) is 12.1 Å². The molecule has 3 nitrogen and oxygen atoms in total. The van der Waals surface area contributed by atoms with Gasteiger partial charge in [-0.2, -0.15) is 0 Å². The Bertz CT molecular complexity index is 571. The number of nitrogens with zero attached hydrogens (tertiary/aromatic N) is 2. The van der Waals surface area contributed by atoms with Crippen LogP contribution in [-0.4, -0.2) is 23.3 Å². The Morgan fingerprint density at radius 2 is 2.15 bits per heavy atom. The van der Waals surface area contributed by atoms with Gasteiger partial charge in [-0.25, -0.2) is 4.39 Å². The van der Waals surface area contributed by atoms with Crippen molar-refractivity contribution in [1.82, 2.24) is 15.5 Å². The van der Waals surface area contributed by atoms with Crippen molar-refractivity contribution >= 4 is 22.9 Å². The van der Waals surface area contributed by atoms with Crippen molar-refractivity contribution in [3.63, 3.8) is 0 Å². The highest BCUT2D eigenvalue weighted by atomic mass is 35.5. The van der Waals surface area contributed by atoms with Gasteiger partial charge in [-0.15, -0.1) is 10.2 Å². The number of hydrogen-bond acceptors (Lipinski definition) is 4. The molecule has 6 heteroatoms. The Morgan fingerprint density at radius 3 is 2.90 bits per heavy atom. The lowest BCUT2D eigenvalue weighted by molar-refractivity contribution is 0.553. The molecule has 0 aliphatic heterocycles. The molecule has 1 N–H and O–H groups in total. The SMILES string of the molecule is CC(C)CNCCc1nnc(-c2cccc(F)c2Cl)s1. The summed E-state index contributed by atoms with van der Waals surface area (Å²) in [7, 11) is 0. The third-order valence-electron chi connectivity index (χ3n) is 2.72. The molecule has 0 aliphatic carbocycles. The summed E-state index contributed by atoms with van der Waals surface area (Å²) in [6.45, 7) is 6.19. The zero-order valence-electron chi connectivity index (χ0n) is 11.5. The van der Waals surface area contributed by atoms with Gasteiger partial charge >= 0.3 is 0 Å². The highest BCUT2D eigenvalue weighted by Gasteiger charge is 2.12. The van der Waals surface area contributed by atoms with Gasteiger partial charge in [0.05, 0.1) is 5.02 Å². The molecule has 20 heavy (non-hydrogen) atoms. The van der Waals surface area contributed by atoms with Crippen LogP contribution in [0, 0.1) is 11.7 Å². The van der Waals surface area contributed by atoms with Gasteiger partial charge in [-0.3, -0.25) is 0 Å². The van der Waals surface area contributed by atoms with Crippen molar-refractivity contribution in [3.8, 4) is 10.6 Å². The summed E-state index contributed by atoms with van der Waals surface area (Å²) < 4.78 is 13.4. The molecule has 0 saturated heterocycles. The fourth-order valence-electron chi connectivity index (χ4n) is 1.72. The maximum Gasteiger partial charge on any atom is 0.149 e. The minimum atomic E-state index is -0.431. The molecule has 1 heterocycles. The predicted octanol–water partition coefficient (Wildman–Crippen LogP) is 3.79. The monoisotopic (exact) mass is 313 g/mol. The summed E-state index contributed by atoms with van der Waals surface area (Å²) >= 11 is 7.40. The number of halogens is 2. The third kappa shape index (κ3) is 3.98. The molecule has 0 saturated carbocycles. The number of nitrogens with one attached hydrogen (secondary N) is 1. The Hall–Kier alpha value is -1.04. The van der Waals surface area contributed by atoms with Gasteiger partial charge < -0.3 is 5.32 Å². The molecule has 0 radical (unpaired) electrons. The number of rotatable bonds is 6. The largest absolute Gasteiger partial charge is 0.316 e. The Kier molecular flexibility index (Phi) is 5.46. The molecule has 0 unspecified atom stereocenters. The van der Waals surface area contributed by atoms with E-state index < -0.39 is 5.82 Å². The zero-order valence-corrected chi connectivity index (χ0v) is 13.1. The molecule has 1 aromatic carbocycles. The number of aromatic nitrogens is 2. The second kappa shape index (κ2) is 7.11. The fourth-order valence-corrected chi connectivity index (χ4v) is 2.86. The van der Waals surface area contributed by atoms with Crippen LogP contribution >= 0.6 is 22.9 Å². The zero-order chi connectivity index (χ0) is 14.5. The van der Waals surface area contributed by atoms with Crippen LogP contribution in [0.5, 0.6) is 0 Å². The molecule has 2 rings (SSSR count). The highest BCUT2D eigenvalue weighted by Crippen LogP contribution is 2.31. The van der Waals surface area contributed by atoms with Crippen LogP contribution in [0.15, 0.2) is 18.2 Å². The molecule has 1 aromatic heterocycles. The van der Waals surface area contributed by atoms with Gasteiger partial charge in [0.1, 0.15) is 15.8 Å². The summed E-state index contributed by atoms with van der Waals surface area (Å²) in [6, 6.07) is 4.72. The van der Waals surface area contributed by atoms with Crippen LogP contribution in [0.2, 0.25) is 5.02 Å². The van der Waals surface area contributed by atoms with E-state index in [4.69, 9.17) is 11.6 Å². The normalized spacial score (nSPS) is 11.2. The average molecular weight is 314 g/mol. The lowest BCUT2D eigenvalue weighted by Gasteiger charge is -2.05. The fraction of sp³-hybridized carbons (Fsp3) is 0.429. The predicted molar refractivity (Wildman–Crippen MR) is 81.7 cm³/mol. The average Bonchev–Trinajstić information content (AvgIpc) is 2.86. The Labute approximate surface area is 127 Å². The molecule has 0 fully saturated rings. The van der Waals surface area contributed by atoms with Gasteiger partial charge in [-0.05, 0) is 18.5 Å². The van der Waals surface area contributed by atoms with Crippen LogP contribution in [0.4, 0.5) is 4.39 Å². The van der Waals surface area contributed by atoms with E-state index in [1.807, 2.05) is 0 Å². The summed E-state index contributed by atoms with van der Waals surface area (Å²) in [4.78, 5) is 0. The van der Waals surface area contributed by atoms with Crippen molar-refractivity contribution in [2.45, 2.75) is 20.3 Å². The molecular formula is C14H17ClFN3S. The van der Waals surface area contributed by atoms with E-state index in [9.17, 15) is 4.39 Å². The van der Waals surface area contributed by atoms with E-state index in [-0.39, 0.29) is 5.02 Å². The van der Waals surface area contributed by atoms with Crippen LogP contribution in [0.25, 0.3) is 10.6 Å². The Balaban J connectivity index is 2.00. The van der Waals surface area contributed by atoms with Crippen molar-refractivity contribution < 1.29 is 4.39 Å². The lowest BCUT2D eigenvalue weighted by atomic mass is 10.2. The summed E-state index contributed by atoms with van der Waals surface area (Å²) in [5, 5.41) is 13.3. The van der Waals surface area contributed by atoms with Crippen LogP contribution in [0.3, 0.4) is 0 Å².